The zero-order valence-corrected chi connectivity index (χ0v) is 9.30. The molecule has 0 bridgehead atoms. The maximum Gasteiger partial charge on any atom is 0.199 e. The number of ether oxygens (including phenoxy) is 1. The van der Waals surface area contributed by atoms with E-state index in [4.69, 9.17) is 9.84 Å². The van der Waals surface area contributed by atoms with E-state index in [0.29, 0.717) is 0 Å². The molecule has 1 aromatic rings. The van der Waals surface area contributed by atoms with Gasteiger partial charge in [-0.25, -0.2) is 8.42 Å². The normalized spacial score (nSPS) is 24.8. The Morgan fingerprint density at radius 1 is 1.31 bits per heavy atom. The molecule has 1 fully saturated rings. The maximum atomic E-state index is 11.8. The van der Waals surface area contributed by atoms with Gasteiger partial charge in [-0.3, -0.25) is 0 Å². The average molecular weight is 240 g/mol. The summed E-state index contributed by atoms with van der Waals surface area (Å²) in [5.41, 5.74) is 0. The van der Waals surface area contributed by atoms with Crippen molar-refractivity contribution in [1.29, 1.82) is 0 Å². The topological polar surface area (TPSA) is 66.9 Å². The van der Waals surface area contributed by atoms with Crippen LogP contribution in [-0.4, -0.2) is 32.3 Å². The molecular formula is C11H12O4S. The fourth-order valence-corrected chi connectivity index (χ4v) is 2.40. The molecule has 1 aliphatic heterocycles. The molecule has 0 unspecified atom stereocenters. The van der Waals surface area contributed by atoms with Crippen LogP contribution >= 0.6 is 0 Å². The first kappa shape index (κ1) is 11.3. The van der Waals surface area contributed by atoms with Crippen LogP contribution in [0.2, 0.25) is 0 Å². The minimum Gasteiger partial charge on any atom is -0.394 e. The number of benzene rings is 1. The first-order valence-electron chi connectivity index (χ1n) is 4.88. The second-order valence-electron chi connectivity index (χ2n) is 3.51. The highest BCUT2D eigenvalue weighted by Crippen LogP contribution is 2.23. The standard InChI is InChI=1S/C11H12O4S/c12-8-11-10(15-11)6-7-16(13,14)9-4-2-1-3-5-9/h1-7,10-12H,8H2/b7-6+/t10-,11-/m0/s1. The third-order valence-electron chi connectivity index (χ3n) is 2.32. The fourth-order valence-electron chi connectivity index (χ4n) is 1.34. The van der Waals surface area contributed by atoms with E-state index in [1.165, 1.54) is 18.2 Å². The van der Waals surface area contributed by atoms with Crippen molar-refractivity contribution in [2.24, 2.45) is 0 Å². The Morgan fingerprint density at radius 2 is 2.00 bits per heavy atom. The van der Waals surface area contributed by atoms with Gasteiger partial charge in [0.1, 0.15) is 12.2 Å². The summed E-state index contributed by atoms with van der Waals surface area (Å²) < 4.78 is 28.5. The summed E-state index contributed by atoms with van der Waals surface area (Å²) in [6.45, 7) is -0.0829. The van der Waals surface area contributed by atoms with Gasteiger partial charge in [0, 0.05) is 5.41 Å². The van der Waals surface area contributed by atoms with Crippen molar-refractivity contribution in [1.82, 2.24) is 0 Å². The Morgan fingerprint density at radius 3 is 2.56 bits per heavy atom. The van der Waals surface area contributed by atoms with Gasteiger partial charge in [-0.2, -0.15) is 0 Å². The van der Waals surface area contributed by atoms with Crippen LogP contribution in [0.4, 0.5) is 0 Å². The molecule has 4 nitrogen and oxygen atoms in total. The van der Waals surface area contributed by atoms with E-state index in [0.717, 1.165) is 5.41 Å². The van der Waals surface area contributed by atoms with Gasteiger partial charge in [-0.15, -0.1) is 0 Å². The molecule has 2 atom stereocenters. The van der Waals surface area contributed by atoms with Gasteiger partial charge in [-0.1, -0.05) is 18.2 Å². The van der Waals surface area contributed by atoms with E-state index < -0.39 is 9.84 Å². The van der Waals surface area contributed by atoms with Gasteiger partial charge < -0.3 is 9.84 Å². The lowest BCUT2D eigenvalue weighted by atomic mass is 10.3. The quantitative estimate of drug-likeness (QED) is 0.788. The molecule has 0 amide bonds. The lowest BCUT2D eigenvalue weighted by Gasteiger charge is -1.96. The van der Waals surface area contributed by atoms with Gasteiger partial charge in [0.25, 0.3) is 0 Å². The molecule has 16 heavy (non-hydrogen) atoms. The van der Waals surface area contributed by atoms with E-state index in [1.54, 1.807) is 18.2 Å². The molecular weight excluding hydrogens is 228 g/mol. The van der Waals surface area contributed by atoms with Crippen molar-refractivity contribution < 1.29 is 18.3 Å². The Kier molecular flexibility index (Phi) is 3.09. The number of hydrogen-bond donors (Lipinski definition) is 1. The van der Waals surface area contributed by atoms with E-state index in [-0.39, 0.29) is 23.7 Å². The zero-order chi connectivity index (χ0) is 11.6. The number of hydrogen-bond acceptors (Lipinski definition) is 4. The van der Waals surface area contributed by atoms with Gasteiger partial charge >= 0.3 is 0 Å². The largest absolute Gasteiger partial charge is 0.394 e. The summed E-state index contributed by atoms with van der Waals surface area (Å²) in [6.07, 6.45) is 0.939. The van der Waals surface area contributed by atoms with Crippen LogP contribution in [0.15, 0.2) is 46.7 Å². The minimum absolute atomic E-state index is 0.0829. The first-order valence-corrected chi connectivity index (χ1v) is 6.43. The monoisotopic (exact) mass is 240 g/mol. The molecule has 1 aromatic carbocycles. The van der Waals surface area contributed by atoms with E-state index in [9.17, 15) is 8.42 Å². The highest BCUT2D eigenvalue weighted by atomic mass is 32.2. The second kappa shape index (κ2) is 4.37. The second-order valence-corrected chi connectivity index (χ2v) is 5.34. The first-order chi connectivity index (χ1) is 7.63. The SMILES string of the molecule is O=S(=O)(/C=C/[C@@H]1O[C@H]1CO)c1ccccc1. The highest BCUT2D eigenvalue weighted by molar-refractivity contribution is 7.94. The maximum absolute atomic E-state index is 11.8. The van der Waals surface area contributed by atoms with Crippen LogP contribution in [-0.2, 0) is 14.6 Å². The summed E-state index contributed by atoms with van der Waals surface area (Å²) >= 11 is 0. The van der Waals surface area contributed by atoms with E-state index >= 15 is 0 Å². The molecule has 1 aliphatic rings. The Hall–Kier alpha value is -1.17. The average Bonchev–Trinajstić information content (AvgIpc) is 3.06. The van der Waals surface area contributed by atoms with E-state index in [1.807, 2.05) is 0 Å². The fraction of sp³-hybridized carbons (Fsp3) is 0.273. The molecule has 0 saturated carbocycles. The number of rotatable bonds is 4. The minimum atomic E-state index is -3.39. The Bertz CT molecular complexity index is 478. The van der Waals surface area contributed by atoms with Gasteiger partial charge in [-0.05, 0) is 18.2 Å². The zero-order valence-electron chi connectivity index (χ0n) is 8.48. The van der Waals surface area contributed by atoms with E-state index in [2.05, 4.69) is 0 Å². The number of aliphatic hydroxyl groups excluding tert-OH is 1. The molecule has 86 valence electrons. The molecule has 0 spiro atoms. The van der Waals surface area contributed by atoms with Crippen LogP contribution in [0.25, 0.3) is 0 Å². The molecule has 1 N–H and O–H groups in total. The van der Waals surface area contributed by atoms with Gasteiger partial charge in [0.15, 0.2) is 9.84 Å². The number of aliphatic hydroxyl groups is 1. The Labute approximate surface area is 94.1 Å². The van der Waals surface area contributed by atoms with Crippen molar-refractivity contribution >= 4 is 9.84 Å². The smallest absolute Gasteiger partial charge is 0.199 e. The number of epoxide rings is 1. The van der Waals surface area contributed by atoms with Gasteiger partial charge in [0.05, 0.1) is 11.5 Å². The molecule has 5 heteroatoms. The summed E-state index contributed by atoms with van der Waals surface area (Å²) in [5, 5.41) is 9.84. The molecule has 1 heterocycles. The van der Waals surface area contributed by atoms with Crippen molar-refractivity contribution in [2.45, 2.75) is 17.1 Å². The number of sulfone groups is 1. The predicted molar refractivity (Wildman–Crippen MR) is 58.5 cm³/mol. The predicted octanol–water partition coefficient (Wildman–Crippen LogP) is 0.734. The third kappa shape index (κ3) is 2.49. The Balaban J connectivity index is 2.10. The summed E-state index contributed by atoms with van der Waals surface area (Å²) in [7, 11) is -3.39. The molecule has 2 rings (SSSR count). The summed E-state index contributed by atoms with van der Waals surface area (Å²) in [4.78, 5) is 0.257. The van der Waals surface area contributed by atoms with Crippen LogP contribution < -0.4 is 0 Å². The molecule has 0 radical (unpaired) electrons. The van der Waals surface area contributed by atoms with Crippen molar-refractivity contribution in [3.63, 3.8) is 0 Å². The van der Waals surface area contributed by atoms with Gasteiger partial charge in [0.2, 0.25) is 0 Å². The van der Waals surface area contributed by atoms with Crippen LogP contribution in [0.3, 0.4) is 0 Å². The highest BCUT2D eigenvalue weighted by Gasteiger charge is 2.35. The van der Waals surface area contributed by atoms with Crippen molar-refractivity contribution in [3.05, 3.63) is 41.8 Å². The summed E-state index contributed by atoms with van der Waals surface area (Å²) in [6, 6.07) is 8.18. The van der Waals surface area contributed by atoms with Crippen molar-refractivity contribution in [3.8, 4) is 0 Å². The third-order valence-corrected chi connectivity index (χ3v) is 3.77. The van der Waals surface area contributed by atoms with Crippen molar-refractivity contribution in [2.75, 3.05) is 6.61 Å². The molecule has 0 aliphatic carbocycles. The molecule has 1 saturated heterocycles. The molecule has 0 aromatic heterocycles. The lowest BCUT2D eigenvalue weighted by molar-refractivity contribution is 0.243. The van der Waals surface area contributed by atoms with Crippen LogP contribution in [0.1, 0.15) is 0 Å². The lowest BCUT2D eigenvalue weighted by Crippen LogP contribution is -1.99. The summed E-state index contributed by atoms with van der Waals surface area (Å²) in [5.74, 6) is 0. The van der Waals surface area contributed by atoms with Crippen LogP contribution in [0, 0.1) is 0 Å². The van der Waals surface area contributed by atoms with Crippen LogP contribution in [0.5, 0.6) is 0 Å².